The molecule has 1 aliphatic heterocycles. The summed E-state index contributed by atoms with van der Waals surface area (Å²) in [5.41, 5.74) is 1.98. The van der Waals surface area contributed by atoms with Crippen molar-refractivity contribution in [2.75, 3.05) is 43.5 Å². The highest BCUT2D eigenvalue weighted by molar-refractivity contribution is 5.98. The number of nitrogens with one attached hydrogen (secondary N) is 2. The summed E-state index contributed by atoms with van der Waals surface area (Å²) in [6.07, 6.45) is 1.11. The van der Waals surface area contributed by atoms with Gasteiger partial charge in [-0.05, 0) is 55.8 Å². The molecule has 1 unspecified atom stereocenters. The van der Waals surface area contributed by atoms with Crippen LogP contribution < -0.4 is 15.4 Å². The lowest BCUT2D eigenvalue weighted by atomic mass is 10.1. The molecular formula is C23H29N3O4. The van der Waals surface area contributed by atoms with Gasteiger partial charge in [-0.25, -0.2) is 0 Å². The third kappa shape index (κ3) is 6.22. The molecule has 2 aromatic carbocycles. The van der Waals surface area contributed by atoms with Crippen molar-refractivity contribution < 1.29 is 19.1 Å². The molecule has 0 aromatic heterocycles. The van der Waals surface area contributed by atoms with Gasteiger partial charge in [0, 0.05) is 30.0 Å². The van der Waals surface area contributed by atoms with Crippen LogP contribution in [0.5, 0.6) is 5.75 Å². The maximum absolute atomic E-state index is 12.6. The molecule has 1 saturated heterocycles. The van der Waals surface area contributed by atoms with Crippen molar-refractivity contribution >= 4 is 23.2 Å². The number of ether oxygens (including phenoxy) is 2. The number of nitrogens with zero attached hydrogens (tertiary/aromatic N) is 1. The molecular weight excluding hydrogens is 382 g/mol. The van der Waals surface area contributed by atoms with Gasteiger partial charge in [0.25, 0.3) is 5.91 Å². The Labute approximate surface area is 177 Å². The Kier molecular flexibility index (Phi) is 7.68. The monoisotopic (exact) mass is 411 g/mol. The first-order valence-electron chi connectivity index (χ1n) is 10.3. The van der Waals surface area contributed by atoms with E-state index in [1.54, 1.807) is 29.2 Å². The standard InChI is InChI=1S/C23H29N3O4/c1-3-17(2)30-21-9-7-19(8-10-21)24-16-22(27)25-20-6-4-5-18(15-20)23(28)26-11-13-29-14-12-26/h4-10,15,17,24H,3,11-14,16H2,1-2H3,(H,25,27). The number of morpholine rings is 1. The quantitative estimate of drug-likeness (QED) is 0.696. The number of hydrogen-bond acceptors (Lipinski definition) is 5. The number of carbonyl (C=O) groups excluding carboxylic acids is 2. The average Bonchev–Trinajstić information content (AvgIpc) is 2.79. The van der Waals surface area contributed by atoms with E-state index in [9.17, 15) is 9.59 Å². The second kappa shape index (κ2) is 10.6. The first-order valence-corrected chi connectivity index (χ1v) is 10.3. The highest BCUT2D eigenvalue weighted by atomic mass is 16.5. The Morgan fingerprint density at radius 3 is 2.53 bits per heavy atom. The second-order valence-corrected chi connectivity index (χ2v) is 7.25. The van der Waals surface area contributed by atoms with E-state index in [1.807, 2.05) is 31.2 Å². The second-order valence-electron chi connectivity index (χ2n) is 7.25. The minimum absolute atomic E-state index is 0.0489. The summed E-state index contributed by atoms with van der Waals surface area (Å²) in [4.78, 5) is 26.7. The van der Waals surface area contributed by atoms with Crippen LogP contribution in [0.25, 0.3) is 0 Å². The van der Waals surface area contributed by atoms with Crippen LogP contribution in [0.15, 0.2) is 48.5 Å². The van der Waals surface area contributed by atoms with E-state index in [4.69, 9.17) is 9.47 Å². The molecule has 2 amide bonds. The van der Waals surface area contributed by atoms with Crippen LogP contribution in [0, 0.1) is 0 Å². The number of anilines is 2. The fraction of sp³-hybridized carbons (Fsp3) is 0.391. The van der Waals surface area contributed by atoms with Gasteiger partial charge in [0.2, 0.25) is 5.91 Å². The van der Waals surface area contributed by atoms with Crippen molar-refractivity contribution in [3.8, 4) is 5.75 Å². The number of amides is 2. The van der Waals surface area contributed by atoms with Gasteiger partial charge in [-0.2, -0.15) is 0 Å². The molecule has 1 aliphatic rings. The summed E-state index contributed by atoms with van der Waals surface area (Å²) in [6, 6.07) is 14.5. The predicted octanol–water partition coefficient (Wildman–Crippen LogP) is 3.39. The molecule has 3 rings (SSSR count). The number of carbonyl (C=O) groups is 2. The van der Waals surface area contributed by atoms with Gasteiger partial charge in [-0.1, -0.05) is 13.0 Å². The van der Waals surface area contributed by atoms with Gasteiger partial charge in [0.15, 0.2) is 0 Å². The zero-order chi connectivity index (χ0) is 21.3. The third-order valence-electron chi connectivity index (χ3n) is 4.91. The van der Waals surface area contributed by atoms with Crippen LogP contribution in [0.2, 0.25) is 0 Å². The Bertz CT molecular complexity index is 848. The van der Waals surface area contributed by atoms with Crippen molar-refractivity contribution in [1.82, 2.24) is 4.90 Å². The molecule has 2 aromatic rings. The lowest BCUT2D eigenvalue weighted by Gasteiger charge is -2.27. The number of rotatable bonds is 8. The molecule has 1 heterocycles. The van der Waals surface area contributed by atoms with E-state index >= 15 is 0 Å². The Hall–Kier alpha value is -3.06. The molecule has 160 valence electrons. The molecule has 0 saturated carbocycles. The average molecular weight is 412 g/mol. The summed E-state index contributed by atoms with van der Waals surface area (Å²) in [6.45, 7) is 6.50. The van der Waals surface area contributed by atoms with E-state index < -0.39 is 0 Å². The van der Waals surface area contributed by atoms with E-state index in [0.29, 0.717) is 37.6 Å². The van der Waals surface area contributed by atoms with Crippen molar-refractivity contribution in [1.29, 1.82) is 0 Å². The van der Waals surface area contributed by atoms with Crippen molar-refractivity contribution in [2.24, 2.45) is 0 Å². The number of hydrogen-bond donors (Lipinski definition) is 2. The van der Waals surface area contributed by atoms with Crippen LogP contribution in [0.4, 0.5) is 11.4 Å². The third-order valence-corrected chi connectivity index (χ3v) is 4.91. The van der Waals surface area contributed by atoms with Gasteiger partial charge >= 0.3 is 0 Å². The van der Waals surface area contributed by atoms with Crippen LogP contribution in [0.3, 0.4) is 0 Å². The topological polar surface area (TPSA) is 79.9 Å². The fourth-order valence-corrected chi connectivity index (χ4v) is 3.03. The molecule has 7 nitrogen and oxygen atoms in total. The van der Waals surface area contributed by atoms with Crippen LogP contribution in [0.1, 0.15) is 30.6 Å². The Balaban J connectivity index is 1.50. The fourth-order valence-electron chi connectivity index (χ4n) is 3.03. The Morgan fingerprint density at radius 2 is 1.83 bits per heavy atom. The van der Waals surface area contributed by atoms with Gasteiger partial charge in [0.05, 0.1) is 25.9 Å². The minimum Gasteiger partial charge on any atom is -0.491 e. The van der Waals surface area contributed by atoms with E-state index in [1.165, 1.54) is 0 Å². The van der Waals surface area contributed by atoms with Gasteiger partial charge in [-0.15, -0.1) is 0 Å². The zero-order valence-corrected chi connectivity index (χ0v) is 17.5. The van der Waals surface area contributed by atoms with Crippen LogP contribution in [-0.4, -0.2) is 55.7 Å². The molecule has 30 heavy (non-hydrogen) atoms. The maximum atomic E-state index is 12.6. The van der Waals surface area contributed by atoms with E-state index in [2.05, 4.69) is 17.6 Å². The van der Waals surface area contributed by atoms with Crippen LogP contribution in [-0.2, 0) is 9.53 Å². The first-order chi connectivity index (χ1) is 14.5. The highest BCUT2D eigenvalue weighted by Gasteiger charge is 2.18. The smallest absolute Gasteiger partial charge is 0.254 e. The predicted molar refractivity (Wildman–Crippen MR) is 117 cm³/mol. The summed E-state index contributed by atoms with van der Waals surface area (Å²) in [5.74, 6) is 0.569. The minimum atomic E-state index is -0.189. The van der Waals surface area contributed by atoms with E-state index in [0.717, 1.165) is 17.9 Å². The molecule has 0 radical (unpaired) electrons. The first kappa shape index (κ1) is 21.6. The van der Waals surface area contributed by atoms with E-state index in [-0.39, 0.29) is 24.5 Å². The molecule has 2 N–H and O–H groups in total. The summed E-state index contributed by atoms with van der Waals surface area (Å²) < 4.78 is 11.0. The SMILES string of the molecule is CCC(C)Oc1ccc(NCC(=O)Nc2cccc(C(=O)N3CCOCC3)c2)cc1. The van der Waals surface area contributed by atoms with Crippen molar-refractivity contribution in [2.45, 2.75) is 26.4 Å². The summed E-state index contributed by atoms with van der Waals surface area (Å²) in [5, 5.41) is 5.93. The van der Waals surface area contributed by atoms with Gasteiger partial charge in [-0.3, -0.25) is 9.59 Å². The lowest BCUT2D eigenvalue weighted by molar-refractivity contribution is -0.114. The molecule has 1 atom stereocenters. The maximum Gasteiger partial charge on any atom is 0.254 e. The lowest BCUT2D eigenvalue weighted by Crippen LogP contribution is -2.40. The number of benzene rings is 2. The Morgan fingerprint density at radius 1 is 1.10 bits per heavy atom. The summed E-state index contributed by atoms with van der Waals surface area (Å²) >= 11 is 0. The summed E-state index contributed by atoms with van der Waals surface area (Å²) in [7, 11) is 0. The molecule has 0 bridgehead atoms. The van der Waals surface area contributed by atoms with Crippen LogP contribution >= 0.6 is 0 Å². The van der Waals surface area contributed by atoms with Crippen molar-refractivity contribution in [3.63, 3.8) is 0 Å². The highest BCUT2D eigenvalue weighted by Crippen LogP contribution is 2.18. The largest absolute Gasteiger partial charge is 0.491 e. The zero-order valence-electron chi connectivity index (χ0n) is 17.5. The molecule has 0 aliphatic carbocycles. The molecule has 1 fully saturated rings. The normalized spacial score (nSPS) is 14.7. The van der Waals surface area contributed by atoms with Crippen molar-refractivity contribution in [3.05, 3.63) is 54.1 Å². The van der Waals surface area contributed by atoms with Gasteiger partial charge < -0.3 is 25.0 Å². The molecule has 0 spiro atoms. The molecule has 7 heteroatoms. The van der Waals surface area contributed by atoms with Gasteiger partial charge in [0.1, 0.15) is 5.75 Å².